The summed E-state index contributed by atoms with van der Waals surface area (Å²) in [4.78, 5) is 27.2. The fraction of sp³-hybridized carbons (Fsp3) is 0.333. The number of methoxy groups -OCH3 is 2. The summed E-state index contributed by atoms with van der Waals surface area (Å²) in [6.45, 7) is 5.82. The van der Waals surface area contributed by atoms with Crippen LogP contribution in [0.1, 0.15) is 39.5 Å². The van der Waals surface area contributed by atoms with Gasteiger partial charge in [0.25, 0.3) is 0 Å². The Morgan fingerprint density at radius 3 is 2.54 bits per heavy atom. The normalized spacial score (nSPS) is 14.1. The molecule has 0 spiro atoms. The molecule has 0 saturated heterocycles. The van der Waals surface area contributed by atoms with Crippen LogP contribution in [-0.4, -0.2) is 38.3 Å². The summed E-state index contributed by atoms with van der Waals surface area (Å²) in [6.07, 6.45) is 0.242. The first-order valence-electron chi connectivity index (χ1n) is 11.2. The van der Waals surface area contributed by atoms with E-state index in [1.165, 1.54) is 11.3 Å². The van der Waals surface area contributed by atoms with Crippen molar-refractivity contribution in [2.45, 2.75) is 39.3 Å². The molecule has 7 nitrogen and oxygen atoms in total. The highest BCUT2D eigenvalue weighted by atomic mass is 32.1. The lowest BCUT2D eigenvalue weighted by Crippen LogP contribution is -2.45. The molecule has 4 rings (SSSR count). The van der Waals surface area contributed by atoms with E-state index >= 15 is 0 Å². The van der Waals surface area contributed by atoms with E-state index in [0.717, 1.165) is 32.8 Å². The van der Waals surface area contributed by atoms with Crippen molar-refractivity contribution in [1.29, 1.82) is 0 Å². The van der Waals surface area contributed by atoms with E-state index in [-0.39, 0.29) is 25.6 Å². The average molecular weight is 496 g/mol. The van der Waals surface area contributed by atoms with Gasteiger partial charge >= 0.3 is 5.97 Å². The smallest absolute Gasteiger partial charge is 0.348 e. The highest BCUT2D eigenvalue weighted by Crippen LogP contribution is 2.41. The molecular formula is C27H29NO6S. The third-order valence-corrected chi connectivity index (χ3v) is 6.99. The van der Waals surface area contributed by atoms with E-state index in [0.29, 0.717) is 16.4 Å². The molecule has 0 fully saturated rings. The number of carbonyl (C=O) groups excluding carboxylic acids is 2. The highest BCUT2D eigenvalue weighted by Gasteiger charge is 2.35. The van der Waals surface area contributed by atoms with Crippen molar-refractivity contribution in [2.75, 3.05) is 26.3 Å². The van der Waals surface area contributed by atoms with Crippen LogP contribution in [0.5, 0.6) is 11.5 Å². The number of ketones is 1. The summed E-state index contributed by atoms with van der Waals surface area (Å²) >= 11 is 1.39. The van der Waals surface area contributed by atoms with Crippen LogP contribution in [0.3, 0.4) is 0 Å². The van der Waals surface area contributed by atoms with Gasteiger partial charge in [0.2, 0.25) is 0 Å². The summed E-state index contributed by atoms with van der Waals surface area (Å²) < 4.78 is 21.9. The Labute approximate surface area is 209 Å². The van der Waals surface area contributed by atoms with Gasteiger partial charge in [-0.15, -0.1) is 11.3 Å². The van der Waals surface area contributed by atoms with Gasteiger partial charge in [0.1, 0.15) is 23.0 Å². The molecule has 0 radical (unpaired) electrons. The Kier molecular flexibility index (Phi) is 7.14. The standard InChI is InChI=1S/C27H29NO6S/c1-16-6-11-24(35-16)26(30)33-14-21-18(9-10-22-20(21)13-25(29)27(2,3)28-22)19-8-7-17(34-15-31-4)12-23(19)32-5/h6-12,28H,13-15H2,1-5H3. The van der Waals surface area contributed by atoms with Crippen LogP contribution in [-0.2, 0) is 27.3 Å². The first-order valence-corrected chi connectivity index (χ1v) is 12.0. The zero-order valence-corrected chi connectivity index (χ0v) is 21.3. The molecular weight excluding hydrogens is 466 g/mol. The Balaban J connectivity index is 1.76. The fourth-order valence-corrected chi connectivity index (χ4v) is 4.84. The molecule has 0 amide bonds. The number of hydrogen-bond donors (Lipinski definition) is 1. The van der Waals surface area contributed by atoms with Crippen LogP contribution in [0.4, 0.5) is 5.69 Å². The molecule has 1 aliphatic rings. The molecule has 2 aromatic carbocycles. The maximum atomic E-state index is 12.9. The van der Waals surface area contributed by atoms with Crippen LogP contribution in [0.25, 0.3) is 11.1 Å². The SMILES string of the molecule is COCOc1ccc(-c2ccc3c(c2COC(=O)c2ccc(C)s2)CC(=O)C(C)(C)N3)c(OC)c1. The molecule has 0 unspecified atom stereocenters. The van der Waals surface area contributed by atoms with Crippen LogP contribution >= 0.6 is 11.3 Å². The van der Waals surface area contributed by atoms with E-state index in [1.54, 1.807) is 26.4 Å². The molecule has 3 aromatic rings. The maximum absolute atomic E-state index is 12.9. The lowest BCUT2D eigenvalue weighted by molar-refractivity contribution is -0.122. The van der Waals surface area contributed by atoms with Crippen molar-refractivity contribution in [2.24, 2.45) is 0 Å². The highest BCUT2D eigenvalue weighted by molar-refractivity contribution is 7.13. The number of Topliss-reactive ketones (excluding diaryl/α,β-unsaturated/α-hetero) is 1. The maximum Gasteiger partial charge on any atom is 0.348 e. The first-order chi connectivity index (χ1) is 16.7. The number of fused-ring (bicyclic) bond motifs is 1. The zero-order chi connectivity index (χ0) is 25.2. The van der Waals surface area contributed by atoms with E-state index in [9.17, 15) is 9.59 Å². The van der Waals surface area contributed by atoms with E-state index in [2.05, 4.69) is 5.32 Å². The Morgan fingerprint density at radius 1 is 1.09 bits per heavy atom. The van der Waals surface area contributed by atoms with Gasteiger partial charge in [-0.05, 0) is 62.2 Å². The zero-order valence-electron chi connectivity index (χ0n) is 20.5. The average Bonchev–Trinajstić information content (AvgIpc) is 3.28. The van der Waals surface area contributed by atoms with Gasteiger partial charge in [-0.25, -0.2) is 4.79 Å². The van der Waals surface area contributed by atoms with E-state index in [4.69, 9.17) is 18.9 Å². The van der Waals surface area contributed by atoms with Gasteiger partial charge < -0.3 is 24.3 Å². The topological polar surface area (TPSA) is 83.1 Å². The molecule has 184 valence electrons. The molecule has 2 heterocycles. The summed E-state index contributed by atoms with van der Waals surface area (Å²) in [5, 5.41) is 3.34. The number of esters is 1. The van der Waals surface area contributed by atoms with Crippen LogP contribution in [0.15, 0.2) is 42.5 Å². The first kappa shape index (κ1) is 24.8. The second kappa shape index (κ2) is 10.1. The van der Waals surface area contributed by atoms with Crippen molar-refractivity contribution < 1.29 is 28.5 Å². The number of ether oxygens (including phenoxy) is 4. The predicted octanol–water partition coefficient (Wildman–Crippen LogP) is 5.39. The molecule has 0 aliphatic carbocycles. The van der Waals surface area contributed by atoms with Crippen molar-refractivity contribution in [3.05, 3.63) is 63.3 Å². The van der Waals surface area contributed by atoms with Gasteiger partial charge in [0.05, 0.1) is 12.6 Å². The quantitative estimate of drug-likeness (QED) is 0.331. The Hall–Kier alpha value is -3.36. The van der Waals surface area contributed by atoms with Gasteiger partial charge in [0, 0.05) is 41.3 Å². The fourth-order valence-electron chi connectivity index (χ4n) is 4.08. The molecule has 0 atom stereocenters. The number of benzene rings is 2. The molecule has 1 aromatic heterocycles. The van der Waals surface area contributed by atoms with Crippen molar-refractivity contribution >= 4 is 28.8 Å². The minimum Gasteiger partial charge on any atom is -0.496 e. The summed E-state index contributed by atoms with van der Waals surface area (Å²) in [5.41, 5.74) is 3.40. The largest absolute Gasteiger partial charge is 0.496 e. The number of nitrogens with one attached hydrogen (secondary N) is 1. The number of anilines is 1. The van der Waals surface area contributed by atoms with Gasteiger partial charge in [-0.2, -0.15) is 0 Å². The number of thiophene rings is 1. The predicted molar refractivity (Wildman–Crippen MR) is 136 cm³/mol. The number of carbonyl (C=O) groups is 2. The van der Waals surface area contributed by atoms with Crippen molar-refractivity contribution in [3.8, 4) is 22.6 Å². The second-order valence-electron chi connectivity index (χ2n) is 8.87. The second-order valence-corrected chi connectivity index (χ2v) is 10.2. The Morgan fingerprint density at radius 2 is 1.86 bits per heavy atom. The van der Waals surface area contributed by atoms with Crippen molar-refractivity contribution in [3.63, 3.8) is 0 Å². The molecule has 8 heteroatoms. The van der Waals surface area contributed by atoms with E-state index < -0.39 is 11.5 Å². The number of aryl methyl sites for hydroxylation is 1. The van der Waals surface area contributed by atoms with E-state index in [1.807, 2.05) is 51.1 Å². The minimum atomic E-state index is -0.672. The Bertz CT molecular complexity index is 1260. The van der Waals surface area contributed by atoms with Gasteiger partial charge in [-0.3, -0.25) is 4.79 Å². The summed E-state index contributed by atoms with van der Waals surface area (Å²) in [6, 6.07) is 13.1. The monoisotopic (exact) mass is 495 g/mol. The summed E-state index contributed by atoms with van der Waals surface area (Å²) in [7, 11) is 3.14. The molecule has 1 aliphatic heterocycles. The molecule has 0 saturated carbocycles. The van der Waals surface area contributed by atoms with Crippen LogP contribution in [0, 0.1) is 6.92 Å². The lowest BCUT2D eigenvalue weighted by Gasteiger charge is -2.34. The number of rotatable bonds is 8. The minimum absolute atomic E-state index is 0.0226. The van der Waals surface area contributed by atoms with Gasteiger partial charge in [0.15, 0.2) is 12.6 Å². The third kappa shape index (κ3) is 5.18. The third-order valence-electron chi connectivity index (χ3n) is 6.01. The van der Waals surface area contributed by atoms with Crippen molar-refractivity contribution in [1.82, 2.24) is 0 Å². The molecule has 0 bridgehead atoms. The lowest BCUT2D eigenvalue weighted by atomic mass is 9.83. The molecule has 1 N–H and O–H groups in total. The van der Waals surface area contributed by atoms with Gasteiger partial charge in [-0.1, -0.05) is 6.07 Å². The number of hydrogen-bond acceptors (Lipinski definition) is 8. The van der Waals surface area contributed by atoms with Crippen LogP contribution in [0.2, 0.25) is 0 Å². The van der Waals surface area contributed by atoms with Crippen LogP contribution < -0.4 is 14.8 Å². The molecule has 35 heavy (non-hydrogen) atoms. The summed E-state index contributed by atoms with van der Waals surface area (Å²) in [5.74, 6) is 0.872.